The number of esters is 1. The summed E-state index contributed by atoms with van der Waals surface area (Å²) >= 11 is 0. The van der Waals surface area contributed by atoms with E-state index in [4.69, 9.17) is 9.47 Å². The molecule has 12 heteroatoms. The molecule has 0 aliphatic rings. The maximum atomic E-state index is 13.0. The standard InChI is InChI=1S/C28H41F3N4O5/c1-5-7-8-9-10-19-34-24(36)23(33-35(26(34)38)20-11-17-28(29,30)31)32-18-16-21-12-14-22(15-13-21)40-27(3,4)25(37)39-6-2/h12-15H,5-11,16-20H2,1-4H3,(H,32,33). The number of hydrogen-bond donors (Lipinski definition) is 1. The Hall–Kier alpha value is -3.31. The van der Waals surface area contributed by atoms with E-state index < -0.39 is 35.4 Å². The van der Waals surface area contributed by atoms with Gasteiger partial charge in [0.1, 0.15) is 5.75 Å². The van der Waals surface area contributed by atoms with Crippen molar-refractivity contribution in [3.63, 3.8) is 0 Å². The van der Waals surface area contributed by atoms with Gasteiger partial charge in [0, 0.05) is 26.1 Å². The van der Waals surface area contributed by atoms with Crippen LogP contribution in [0.4, 0.5) is 19.0 Å². The molecule has 0 spiro atoms. The number of nitrogens with zero attached hydrogens (tertiary/aromatic N) is 3. The summed E-state index contributed by atoms with van der Waals surface area (Å²) in [5, 5.41) is 7.01. The van der Waals surface area contributed by atoms with Crippen molar-refractivity contribution in [2.75, 3.05) is 18.5 Å². The molecular formula is C28H41F3N4O5. The maximum absolute atomic E-state index is 13.0. The van der Waals surface area contributed by atoms with Crippen LogP contribution in [0.15, 0.2) is 33.9 Å². The number of carbonyl (C=O) groups is 1. The van der Waals surface area contributed by atoms with Crippen molar-refractivity contribution in [1.82, 2.24) is 14.3 Å². The van der Waals surface area contributed by atoms with Gasteiger partial charge in [-0.3, -0.25) is 9.36 Å². The zero-order valence-corrected chi connectivity index (χ0v) is 23.8. The quantitative estimate of drug-likeness (QED) is 0.209. The van der Waals surface area contributed by atoms with E-state index >= 15 is 0 Å². The van der Waals surface area contributed by atoms with Crippen LogP contribution in [-0.4, -0.2) is 45.2 Å². The van der Waals surface area contributed by atoms with Gasteiger partial charge in [0.05, 0.1) is 6.61 Å². The summed E-state index contributed by atoms with van der Waals surface area (Å²) in [5.74, 6) is -0.0531. The molecule has 1 N–H and O–H groups in total. The van der Waals surface area contributed by atoms with Crippen LogP contribution >= 0.6 is 0 Å². The predicted molar refractivity (Wildman–Crippen MR) is 147 cm³/mol. The van der Waals surface area contributed by atoms with Gasteiger partial charge in [0.15, 0.2) is 5.60 Å². The van der Waals surface area contributed by atoms with E-state index in [1.54, 1.807) is 32.9 Å². The number of alkyl halides is 3. The van der Waals surface area contributed by atoms with Gasteiger partial charge in [-0.1, -0.05) is 44.7 Å². The summed E-state index contributed by atoms with van der Waals surface area (Å²) in [7, 11) is 0. The Balaban J connectivity index is 2.09. The van der Waals surface area contributed by atoms with Crippen LogP contribution < -0.4 is 21.3 Å². The van der Waals surface area contributed by atoms with Crippen molar-refractivity contribution in [2.24, 2.45) is 0 Å². The van der Waals surface area contributed by atoms with Crippen molar-refractivity contribution in [1.29, 1.82) is 0 Å². The normalized spacial score (nSPS) is 11.9. The van der Waals surface area contributed by atoms with Crippen molar-refractivity contribution >= 4 is 11.8 Å². The number of nitrogens with one attached hydrogen (secondary N) is 1. The molecule has 1 aromatic heterocycles. The minimum atomic E-state index is -4.34. The van der Waals surface area contributed by atoms with E-state index in [1.807, 2.05) is 12.1 Å². The topological polar surface area (TPSA) is 104 Å². The highest BCUT2D eigenvalue weighted by molar-refractivity contribution is 5.79. The maximum Gasteiger partial charge on any atom is 0.389 e. The molecule has 2 rings (SSSR count). The fourth-order valence-corrected chi connectivity index (χ4v) is 4.01. The van der Waals surface area contributed by atoms with Gasteiger partial charge in [-0.05, 0) is 57.7 Å². The molecule has 224 valence electrons. The number of ether oxygens (including phenoxy) is 2. The van der Waals surface area contributed by atoms with E-state index in [1.165, 1.54) is 0 Å². The Bertz CT molecular complexity index is 1190. The second-order valence-electron chi connectivity index (χ2n) is 10.1. The first-order valence-corrected chi connectivity index (χ1v) is 13.9. The Morgan fingerprint density at radius 2 is 1.65 bits per heavy atom. The third-order valence-electron chi connectivity index (χ3n) is 6.21. The summed E-state index contributed by atoms with van der Waals surface area (Å²) in [6.45, 7) is 7.54. The highest BCUT2D eigenvalue weighted by atomic mass is 19.4. The van der Waals surface area contributed by atoms with E-state index in [2.05, 4.69) is 17.3 Å². The van der Waals surface area contributed by atoms with Gasteiger partial charge < -0.3 is 14.8 Å². The van der Waals surface area contributed by atoms with Crippen LogP contribution in [0.5, 0.6) is 5.75 Å². The molecule has 0 radical (unpaired) electrons. The van der Waals surface area contributed by atoms with Crippen LogP contribution in [-0.2, 0) is 29.0 Å². The van der Waals surface area contributed by atoms with E-state index in [9.17, 15) is 27.6 Å². The minimum absolute atomic E-state index is 0.0729. The minimum Gasteiger partial charge on any atom is -0.476 e. The van der Waals surface area contributed by atoms with Crippen molar-refractivity contribution in [3.8, 4) is 5.75 Å². The Labute approximate surface area is 232 Å². The summed E-state index contributed by atoms with van der Waals surface area (Å²) in [6.07, 6.45) is -0.667. The highest BCUT2D eigenvalue weighted by Gasteiger charge is 2.31. The van der Waals surface area contributed by atoms with E-state index in [0.717, 1.165) is 40.5 Å². The first-order chi connectivity index (χ1) is 18.9. The molecule has 1 aromatic carbocycles. The van der Waals surface area contributed by atoms with Gasteiger partial charge in [-0.15, -0.1) is 5.10 Å². The summed E-state index contributed by atoms with van der Waals surface area (Å²) < 4.78 is 50.7. The zero-order chi connectivity index (χ0) is 29.8. The summed E-state index contributed by atoms with van der Waals surface area (Å²) in [4.78, 5) is 37.9. The fourth-order valence-electron chi connectivity index (χ4n) is 4.01. The second kappa shape index (κ2) is 15.5. The molecule has 0 bridgehead atoms. The third-order valence-corrected chi connectivity index (χ3v) is 6.21. The lowest BCUT2D eigenvalue weighted by molar-refractivity contribution is -0.158. The lowest BCUT2D eigenvalue weighted by Crippen LogP contribution is -2.43. The first kappa shape index (κ1) is 32.9. The lowest BCUT2D eigenvalue weighted by atomic mass is 10.1. The molecule has 0 saturated carbocycles. The molecule has 40 heavy (non-hydrogen) atoms. The average molecular weight is 571 g/mol. The number of aromatic nitrogens is 3. The van der Waals surface area contributed by atoms with Gasteiger partial charge >= 0.3 is 17.8 Å². The SMILES string of the molecule is CCCCCCCn1c(=O)c(NCCc2ccc(OC(C)(C)C(=O)OCC)cc2)nn(CCCC(F)(F)F)c1=O. The van der Waals surface area contributed by atoms with E-state index in [-0.39, 0.29) is 31.9 Å². The average Bonchev–Trinajstić information content (AvgIpc) is 2.88. The molecule has 1 heterocycles. The Morgan fingerprint density at radius 1 is 0.975 bits per heavy atom. The van der Waals surface area contributed by atoms with Gasteiger partial charge in [0.25, 0.3) is 5.56 Å². The summed E-state index contributed by atoms with van der Waals surface area (Å²) in [6, 6.07) is 7.08. The second-order valence-corrected chi connectivity index (χ2v) is 10.1. The van der Waals surface area contributed by atoms with Crippen molar-refractivity contribution in [3.05, 3.63) is 50.7 Å². The molecular weight excluding hydrogens is 529 g/mol. The number of aryl methyl sites for hydroxylation is 1. The Morgan fingerprint density at radius 3 is 2.27 bits per heavy atom. The van der Waals surface area contributed by atoms with Gasteiger partial charge in [-0.2, -0.15) is 13.2 Å². The number of benzene rings is 1. The van der Waals surface area contributed by atoms with Crippen molar-refractivity contribution < 1.29 is 27.4 Å². The molecule has 0 fully saturated rings. The van der Waals surface area contributed by atoms with Crippen molar-refractivity contribution in [2.45, 2.75) is 104 Å². The number of carbonyl (C=O) groups excluding carboxylic acids is 1. The molecule has 2 aromatic rings. The lowest BCUT2D eigenvalue weighted by Gasteiger charge is -2.24. The number of anilines is 1. The van der Waals surface area contributed by atoms with Crippen LogP contribution in [0.1, 0.15) is 78.2 Å². The number of halogens is 3. The fraction of sp³-hybridized carbons (Fsp3) is 0.643. The third kappa shape index (κ3) is 10.7. The first-order valence-electron chi connectivity index (χ1n) is 13.9. The zero-order valence-electron chi connectivity index (χ0n) is 23.8. The summed E-state index contributed by atoms with van der Waals surface area (Å²) in [5.41, 5.74) is -1.53. The largest absolute Gasteiger partial charge is 0.476 e. The smallest absolute Gasteiger partial charge is 0.389 e. The number of unbranched alkanes of at least 4 members (excludes halogenated alkanes) is 4. The van der Waals surface area contributed by atoms with Gasteiger partial charge in [0.2, 0.25) is 5.82 Å². The predicted octanol–water partition coefficient (Wildman–Crippen LogP) is 5.09. The van der Waals surface area contributed by atoms with Gasteiger partial charge in [-0.25, -0.2) is 14.3 Å². The molecule has 0 atom stereocenters. The number of hydrogen-bond acceptors (Lipinski definition) is 7. The van der Waals surface area contributed by atoms with Crippen LogP contribution in [0.25, 0.3) is 0 Å². The van der Waals surface area contributed by atoms with Crippen LogP contribution in [0.3, 0.4) is 0 Å². The molecule has 9 nitrogen and oxygen atoms in total. The highest BCUT2D eigenvalue weighted by Crippen LogP contribution is 2.22. The van der Waals surface area contributed by atoms with E-state index in [0.29, 0.717) is 25.1 Å². The molecule has 0 unspecified atom stereocenters. The molecule has 0 aliphatic heterocycles. The number of rotatable bonds is 17. The van der Waals surface area contributed by atoms with Crippen LogP contribution in [0, 0.1) is 0 Å². The van der Waals surface area contributed by atoms with Crippen LogP contribution in [0.2, 0.25) is 0 Å². The Kier molecular flexibility index (Phi) is 12.7. The molecule has 0 amide bonds. The molecule has 0 aliphatic carbocycles. The monoisotopic (exact) mass is 570 g/mol. The molecule has 0 saturated heterocycles.